The minimum absolute atomic E-state index is 0.114. The van der Waals surface area contributed by atoms with Crippen molar-refractivity contribution in [3.63, 3.8) is 0 Å². The molecule has 21 heavy (non-hydrogen) atoms. The highest BCUT2D eigenvalue weighted by Crippen LogP contribution is 2.28. The van der Waals surface area contributed by atoms with Crippen molar-refractivity contribution in [1.82, 2.24) is 15.1 Å². The second-order valence-electron chi connectivity index (χ2n) is 5.64. The molecule has 1 amide bonds. The molecule has 0 spiro atoms. The Morgan fingerprint density at radius 1 is 1.52 bits per heavy atom. The van der Waals surface area contributed by atoms with Gasteiger partial charge in [0.1, 0.15) is 5.69 Å². The Balaban J connectivity index is 2.07. The van der Waals surface area contributed by atoms with Crippen LogP contribution in [0.4, 0.5) is 0 Å². The average molecular weight is 295 g/mol. The lowest BCUT2D eigenvalue weighted by atomic mass is 10.0. The lowest BCUT2D eigenvalue weighted by molar-refractivity contribution is -0.145. The van der Waals surface area contributed by atoms with Gasteiger partial charge in [-0.05, 0) is 25.8 Å². The van der Waals surface area contributed by atoms with Gasteiger partial charge >= 0.3 is 5.97 Å². The highest BCUT2D eigenvalue weighted by molar-refractivity contribution is 5.96. The summed E-state index contributed by atoms with van der Waals surface area (Å²) in [6.07, 6.45) is 6.27. The summed E-state index contributed by atoms with van der Waals surface area (Å²) in [6.45, 7) is 1.29. The van der Waals surface area contributed by atoms with E-state index in [-0.39, 0.29) is 12.3 Å². The Morgan fingerprint density at radius 2 is 2.19 bits per heavy atom. The number of rotatable bonds is 6. The van der Waals surface area contributed by atoms with Crippen LogP contribution in [0.5, 0.6) is 0 Å². The maximum atomic E-state index is 12.2. The lowest BCUT2D eigenvalue weighted by Gasteiger charge is -2.24. The van der Waals surface area contributed by atoms with Crippen molar-refractivity contribution in [3.8, 4) is 0 Å². The van der Waals surface area contributed by atoms with Gasteiger partial charge in [0.2, 0.25) is 0 Å². The molecule has 1 heterocycles. The Bertz CT molecular complexity index is 522. The van der Waals surface area contributed by atoms with Crippen molar-refractivity contribution < 1.29 is 19.4 Å². The van der Waals surface area contributed by atoms with Gasteiger partial charge < -0.3 is 15.2 Å². The number of ether oxygens (including phenoxy) is 1. The van der Waals surface area contributed by atoms with Crippen LogP contribution in [0.25, 0.3) is 0 Å². The molecule has 0 radical (unpaired) electrons. The van der Waals surface area contributed by atoms with Crippen molar-refractivity contribution in [3.05, 3.63) is 18.0 Å². The Labute approximate surface area is 123 Å². The number of carbonyl (C=O) groups excluding carboxylic acids is 1. The van der Waals surface area contributed by atoms with Gasteiger partial charge in [-0.3, -0.25) is 9.48 Å². The molecule has 2 rings (SSSR count). The fraction of sp³-hybridized carbons (Fsp3) is 0.643. The van der Waals surface area contributed by atoms with E-state index in [0.29, 0.717) is 6.04 Å². The third kappa shape index (κ3) is 3.41. The van der Waals surface area contributed by atoms with E-state index >= 15 is 0 Å². The van der Waals surface area contributed by atoms with Crippen molar-refractivity contribution in [2.75, 3.05) is 13.7 Å². The van der Waals surface area contributed by atoms with Gasteiger partial charge in [-0.1, -0.05) is 12.8 Å². The maximum absolute atomic E-state index is 12.2. The van der Waals surface area contributed by atoms with E-state index in [9.17, 15) is 14.7 Å². The molecule has 1 aromatic heterocycles. The van der Waals surface area contributed by atoms with Gasteiger partial charge in [-0.2, -0.15) is 5.10 Å². The summed E-state index contributed by atoms with van der Waals surface area (Å²) in [5.41, 5.74) is -1.24. The number of hydrogen-bond donors (Lipinski definition) is 2. The van der Waals surface area contributed by atoms with Gasteiger partial charge in [0.15, 0.2) is 5.54 Å². The molecule has 7 nitrogen and oxygen atoms in total. The zero-order valence-electron chi connectivity index (χ0n) is 12.3. The number of aromatic nitrogens is 2. The fourth-order valence-electron chi connectivity index (χ4n) is 2.59. The van der Waals surface area contributed by atoms with Crippen LogP contribution in [0.2, 0.25) is 0 Å². The highest BCUT2D eigenvalue weighted by atomic mass is 16.5. The molecular weight excluding hydrogens is 274 g/mol. The first-order valence-electron chi connectivity index (χ1n) is 7.06. The molecule has 1 atom stereocenters. The predicted octanol–water partition coefficient (Wildman–Crippen LogP) is 1.22. The number of hydrogen-bond acceptors (Lipinski definition) is 4. The van der Waals surface area contributed by atoms with Crippen molar-refractivity contribution in [2.45, 2.75) is 44.2 Å². The van der Waals surface area contributed by atoms with E-state index < -0.39 is 17.4 Å². The second kappa shape index (κ2) is 6.26. The van der Waals surface area contributed by atoms with Crippen LogP contribution in [0.1, 0.15) is 49.1 Å². The van der Waals surface area contributed by atoms with Gasteiger partial charge in [0.05, 0.1) is 12.6 Å². The lowest BCUT2D eigenvalue weighted by Crippen LogP contribution is -2.55. The smallest absolute Gasteiger partial charge is 0.331 e. The summed E-state index contributed by atoms with van der Waals surface area (Å²) in [7, 11) is 1.39. The summed E-state index contributed by atoms with van der Waals surface area (Å²) in [5.74, 6) is -1.65. The van der Waals surface area contributed by atoms with Crippen molar-refractivity contribution >= 4 is 11.9 Å². The van der Waals surface area contributed by atoms with Crippen LogP contribution in [0.3, 0.4) is 0 Å². The average Bonchev–Trinajstić information content (AvgIpc) is 3.09. The first-order chi connectivity index (χ1) is 9.96. The maximum Gasteiger partial charge on any atom is 0.331 e. The summed E-state index contributed by atoms with van der Waals surface area (Å²) < 4.78 is 6.67. The van der Waals surface area contributed by atoms with Crippen LogP contribution >= 0.6 is 0 Å². The SMILES string of the molecule is COCC(C)(NC(=O)c1ccn(C2CCCC2)n1)C(=O)O. The topological polar surface area (TPSA) is 93.5 Å². The van der Waals surface area contributed by atoms with Crippen LogP contribution in [0.15, 0.2) is 12.3 Å². The number of nitrogens with one attached hydrogen (secondary N) is 1. The molecule has 0 aromatic carbocycles. The summed E-state index contributed by atoms with van der Waals surface area (Å²) in [4.78, 5) is 23.4. The van der Waals surface area contributed by atoms with E-state index in [2.05, 4.69) is 10.4 Å². The van der Waals surface area contributed by atoms with Crippen molar-refractivity contribution in [2.24, 2.45) is 0 Å². The standard InChI is InChI=1S/C14H21N3O4/c1-14(9-21-2,13(19)20)15-12(18)11-7-8-17(16-11)10-5-3-4-6-10/h7-8,10H,3-6,9H2,1-2H3,(H,15,18)(H,19,20). The van der Waals surface area contributed by atoms with Gasteiger partial charge in [-0.15, -0.1) is 0 Å². The monoisotopic (exact) mass is 295 g/mol. The predicted molar refractivity (Wildman–Crippen MR) is 75.1 cm³/mol. The zero-order valence-corrected chi connectivity index (χ0v) is 12.3. The Hall–Kier alpha value is -1.89. The third-order valence-electron chi connectivity index (χ3n) is 3.83. The number of carbonyl (C=O) groups is 2. The van der Waals surface area contributed by atoms with Gasteiger partial charge in [-0.25, -0.2) is 4.79 Å². The molecule has 1 aliphatic carbocycles. The molecular formula is C14H21N3O4. The van der Waals surface area contributed by atoms with Crippen LogP contribution < -0.4 is 5.32 Å². The number of methoxy groups -OCH3 is 1. The number of carboxylic acid groups (broad SMARTS) is 1. The number of carboxylic acids is 1. The van der Waals surface area contributed by atoms with E-state index in [4.69, 9.17) is 4.74 Å². The minimum Gasteiger partial charge on any atom is -0.479 e. The van der Waals surface area contributed by atoms with Crippen molar-refractivity contribution in [1.29, 1.82) is 0 Å². The summed E-state index contributed by atoms with van der Waals surface area (Å²) in [5, 5.41) is 16.0. The van der Waals surface area contributed by atoms with E-state index in [1.165, 1.54) is 26.9 Å². The molecule has 0 bridgehead atoms. The number of nitrogens with zero attached hydrogens (tertiary/aromatic N) is 2. The van der Waals surface area contributed by atoms with E-state index in [1.54, 1.807) is 16.9 Å². The molecule has 0 aliphatic heterocycles. The normalized spacial score (nSPS) is 18.4. The Kier molecular flexibility index (Phi) is 4.62. The number of amides is 1. The zero-order chi connectivity index (χ0) is 15.5. The molecule has 1 aliphatic rings. The van der Waals surface area contributed by atoms with Crippen LogP contribution in [0, 0.1) is 0 Å². The summed E-state index contributed by atoms with van der Waals surface area (Å²) >= 11 is 0. The third-order valence-corrected chi connectivity index (χ3v) is 3.83. The Morgan fingerprint density at radius 3 is 2.76 bits per heavy atom. The molecule has 2 N–H and O–H groups in total. The second-order valence-corrected chi connectivity index (χ2v) is 5.64. The molecule has 1 unspecified atom stereocenters. The molecule has 1 aromatic rings. The first kappa shape index (κ1) is 15.5. The first-order valence-corrected chi connectivity index (χ1v) is 7.06. The van der Waals surface area contributed by atoms with Crippen LogP contribution in [-0.2, 0) is 9.53 Å². The van der Waals surface area contributed by atoms with Crippen LogP contribution in [-0.4, -0.2) is 46.0 Å². The van der Waals surface area contributed by atoms with E-state index in [0.717, 1.165) is 12.8 Å². The quantitative estimate of drug-likeness (QED) is 0.823. The molecule has 116 valence electrons. The summed E-state index contributed by atoms with van der Waals surface area (Å²) in [6, 6.07) is 1.96. The van der Waals surface area contributed by atoms with E-state index in [1.807, 2.05) is 0 Å². The highest BCUT2D eigenvalue weighted by Gasteiger charge is 2.35. The molecule has 7 heteroatoms. The van der Waals surface area contributed by atoms with Gasteiger partial charge in [0.25, 0.3) is 5.91 Å². The minimum atomic E-state index is -1.47. The molecule has 1 saturated carbocycles. The molecule has 0 saturated heterocycles. The molecule has 1 fully saturated rings. The van der Waals surface area contributed by atoms with Gasteiger partial charge in [0, 0.05) is 13.3 Å². The number of aliphatic carboxylic acids is 1. The fourth-order valence-corrected chi connectivity index (χ4v) is 2.59. The largest absolute Gasteiger partial charge is 0.479 e.